The highest BCUT2D eigenvalue weighted by molar-refractivity contribution is 6.02. The van der Waals surface area contributed by atoms with Crippen molar-refractivity contribution in [1.82, 2.24) is 0 Å². The first-order chi connectivity index (χ1) is 12.5. The van der Waals surface area contributed by atoms with Gasteiger partial charge in [0.2, 0.25) is 0 Å². The Morgan fingerprint density at radius 1 is 1.15 bits per heavy atom. The van der Waals surface area contributed by atoms with Gasteiger partial charge in [-0.05, 0) is 68.7 Å². The molecule has 0 spiro atoms. The minimum atomic E-state index is -0.733. The number of carbonyl (C=O) groups is 2. The second kappa shape index (κ2) is 8.24. The number of unbranched alkanes of at least 4 members (excludes halogenated alkanes) is 2. The maximum atomic E-state index is 13.1. The molecule has 1 unspecified atom stereocenters. The third kappa shape index (κ3) is 4.28. The van der Waals surface area contributed by atoms with Gasteiger partial charge in [0.15, 0.2) is 5.78 Å². The first kappa shape index (κ1) is 18.9. The van der Waals surface area contributed by atoms with E-state index in [4.69, 9.17) is 5.11 Å². The third-order valence-electron chi connectivity index (χ3n) is 6.17. The molecule has 0 amide bonds. The number of aliphatic carboxylic acids is 1. The molecular weight excluding hydrogens is 326 g/mol. The third-order valence-corrected chi connectivity index (χ3v) is 6.17. The Morgan fingerprint density at radius 3 is 2.65 bits per heavy atom. The average Bonchev–Trinajstić information content (AvgIpc) is 2.65. The van der Waals surface area contributed by atoms with Crippen molar-refractivity contribution in [3.8, 4) is 0 Å². The normalized spacial score (nSPS) is 23.0. The molecule has 0 radical (unpaired) electrons. The van der Waals surface area contributed by atoms with Crippen LogP contribution in [-0.2, 0) is 11.2 Å². The summed E-state index contributed by atoms with van der Waals surface area (Å²) < 4.78 is 0. The van der Waals surface area contributed by atoms with Gasteiger partial charge >= 0.3 is 5.97 Å². The van der Waals surface area contributed by atoms with Crippen molar-refractivity contribution in [2.24, 2.45) is 5.41 Å². The molecule has 4 nitrogen and oxygen atoms in total. The lowest BCUT2D eigenvalue weighted by Crippen LogP contribution is -2.34. The van der Waals surface area contributed by atoms with Crippen molar-refractivity contribution in [3.05, 3.63) is 29.3 Å². The maximum Gasteiger partial charge on any atom is 0.303 e. The van der Waals surface area contributed by atoms with Crippen LogP contribution in [0, 0.1) is 5.41 Å². The second-order valence-corrected chi connectivity index (χ2v) is 8.23. The molecule has 1 heterocycles. The highest BCUT2D eigenvalue weighted by Gasteiger charge is 2.37. The van der Waals surface area contributed by atoms with Crippen molar-refractivity contribution < 1.29 is 14.7 Å². The Hall–Kier alpha value is -1.84. The summed E-state index contributed by atoms with van der Waals surface area (Å²) in [5.74, 6) is -0.453. The van der Waals surface area contributed by atoms with Gasteiger partial charge in [-0.1, -0.05) is 19.8 Å². The van der Waals surface area contributed by atoms with E-state index in [2.05, 4.69) is 24.0 Å². The van der Waals surface area contributed by atoms with Crippen LogP contribution in [0.1, 0.15) is 80.6 Å². The zero-order chi connectivity index (χ0) is 18.6. The van der Waals surface area contributed by atoms with Gasteiger partial charge in [-0.3, -0.25) is 9.59 Å². The van der Waals surface area contributed by atoms with E-state index < -0.39 is 5.97 Å². The Kier molecular flexibility index (Phi) is 6.00. The summed E-state index contributed by atoms with van der Waals surface area (Å²) in [6, 6.07) is 6.41. The number of benzene rings is 1. The Balaban J connectivity index is 1.63. The van der Waals surface area contributed by atoms with E-state index in [0.717, 1.165) is 50.8 Å². The number of nitrogens with zero attached hydrogens (tertiary/aromatic N) is 1. The van der Waals surface area contributed by atoms with Gasteiger partial charge in [0, 0.05) is 36.2 Å². The lowest BCUT2D eigenvalue weighted by molar-refractivity contribution is -0.137. The molecule has 1 aromatic rings. The van der Waals surface area contributed by atoms with Gasteiger partial charge in [0.05, 0.1) is 0 Å². The molecule has 0 aromatic heterocycles. The summed E-state index contributed by atoms with van der Waals surface area (Å²) in [4.78, 5) is 26.1. The van der Waals surface area contributed by atoms with E-state index >= 15 is 0 Å². The van der Waals surface area contributed by atoms with Crippen LogP contribution in [0.3, 0.4) is 0 Å². The Morgan fingerprint density at radius 2 is 1.92 bits per heavy atom. The van der Waals surface area contributed by atoms with Crippen molar-refractivity contribution in [2.45, 2.75) is 71.1 Å². The van der Waals surface area contributed by atoms with E-state index in [0.29, 0.717) is 6.42 Å². The molecule has 1 aliphatic carbocycles. The standard InChI is InChI=1S/C22H31NO3/c1-22(12-5-2-4-8-20(24)25)13-11-17-16-18(9-10-19(17)21(22)26)23-14-6-3-7-15-23/h9-10,16H,2-8,11-15H2,1H3,(H,24,25). The topological polar surface area (TPSA) is 57.6 Å². The maximum absolute atomic E-state index is 13.1. The number of aryl methyl sites for hydroxylation is 1. The molecule has 1 fully saturated rings. The summed E-state index contributed by atoms with van der Waals surface area (Å²) in [5.41, 5.74) is 3.10. The number of piperidine rings is 1. The fourth-order valence-electron chi connectivity index (χ4n) is 4.41. The highest BCUT2D eigenvalue weighted by Crippen LogP contribution is 2.40. The van der Waals surface area contributed by atoms with Crippen molar-refractivity contribution in [2.75, 3.05) is 18.0 Å². The van der Waals surface area contributed by atoms with Crippen molar-refractivity contribution in [1.29, 1.82) is 0 Å². The van der Waals surface area contributed by atoms with E-state index in [-0.39, 0.29) is 17.6 Å². The van der Waals surface area contributed by atoms with Gasteiger partial charge in [-0.2, -0.15) is 0 Å². The molecule has 3 rings (SSSR count). The molecule has 142 valence electrons. The predicted molar refractivity (Wildman–Crippen MR) is 104 cm³/mol. The Labute approximate surface area is 156 Å². The van der Waals surface area contributed by atoms with E-state index in [1.807, 2.05) is 6.07 Å². The van der Waals surface area contributed by atoms with E-state index in [1.165, 1.54) is 30.5 Å². The van der Waals surface area contributed by atoms with Crippen LogP contribution in [0.2, 0.25) is 0 Å². The minimum absolute atomic E-state index is 0.229. The number of anilines is 1. The zero-order valence-electron chi connectivity index (χ0n) is 15.9. The van der Waals surface area contributed by atoms with Crippen LogP contribution in [0.15, 0.2) is 18.2 Å². The molecule has 26 heavy (non-hydrogen) atoms. The molecule has 1 saturated heterocycles. The summed E-state index contributed by atoms with van der Waals surface area (Å²) in [5, 5.41) is 8.72. The molecule has 1 aromatic carbocycles. The summed E-state index contributed by atoms with van der Waals surface area (Å²) >= 11 is 0. The lowest BCUT2D eigenvalue weighted by Gasteiger charge is -2.35. The first-order valence-electron chi connectivity index (χ1n) is 10.1. The largest absolute Gasteiger partial charge is 0.481 e. The molecule has 0 saturated carbocycles. The molecule has 2 aliphatic rings. The second-order valence-electron chi connectivity index (χ2n) is 8.23. The van der Waals surface area contributed by atoms with Crippen LogP contribution in [-0.4, -0.2) is 29.9 Å². The lowest BCUT2D eigenvalue weighted by atomic mass is 9.69. The van der Waals surface area contributed by atoms with Crippen LogP contribution >= 0.6 is 0 Å². The molecule has 0 bridgehead atoms. The smallest absolute Gasteiger partial charge is 0.303 e. The predicted octanol–water partition coefficient (Wildman–Crippen LogP) is 4.85. The average molecular weight is 357 g/mol. The fraction of sp³-hybridized carbons (Fsp3) is 0.636. The van der Waals surface area contributed by atoms with Gasteiger partial charge in [-0.25, -0.2) is 0 Å². The van der Waals surface area contributed by atoms with Gasteiger partial charge < -0.3 is 10.0 Å². The van der Waals surface area contributed by atoms with Crippen LogP contribution in [0.4, 0.5) is 5.69 Å². The van der Waals surface area contributed by atoms with Crippen LogP contribution in [0.25, 0.3) is 0 Å². The zero-order valence-corrected chi connectivity index (χ0v) is 15.9. The van der Waals surface area contributed by atoms with Crippen molar-refractivity contribution >= 4 is 17.4 Å². The monoisotopic (exact) mass is 357 g/mol. The number of carboxylic acids is 1. The summed E-state index contributed by atoms with van der Waals surface area (Å²) in [6.07, 6.45) is 9.32. The quantitative estimate of drug-likeness (QED) is 0.709. The highest BCUT2D eigenvalue weighted by atomic mass is 16.4. The summed E-state index contributed by atoms with van der Waals surface area (Å²) in [6.45, 7) is 4.34. The minimum Gasteiger partial charge on any atom is -0.481 e. The SMILES string of the molecule is CC1(CCCCCC(=O)O)CCc2cc(N3CCCCC3)ccc2C1=O. The number of hydrogen-bond acceptors (Lipinski definition) is 3. The number of hydrogen-bond donors (Lipinski definition) is 1. The van der Waals surface area contributed by atoms with E-state index in [1.54, 1.807) is 0 Å². The van der Waals surface area contributed by atoms with Crippen LogP contribution < -0.4 is 4.90 Å². The van der Waals surface area contributed by atoms with Gasteiger partial charge in [0.1, 0.15) is 0 Å². The van der Waals surface area contributed by atoms with E-state index in [9.17, 15) is 9.59 Å². The fourth-order valence-corrected chi connectivity index (χ4v) is 4.41. The first-order valence-corrected chi connectivity index (χ1v) is 10.1. The number of Topliss-reactive ketones (excluding diaryl/α,β-unsaturated/α-hetero) is 1. The molecule has 1 N–H and O–H groups in total. The number of fused-ring (bicyclic) bond motifs is 1. The molecular formula is C22H31NO3. The van der Waals surface area contributed by atoms with Crippen LogP contribution in [0.5, 0.6) is 0 Å². The molecule has 1 atom stereocenters. The van der Waals surface area contributed by atoms with Crippen molar-refractivity contribution in [3.63, 3.8) is 0 Å². The molecule has 4 heteroatoms. The number of rotatable bonds is 7. The number of carboxylic acid groups (broad SMARTS) is 1. The van der Waals surface area contributed by atoms with Gasteiger partial charge in [0.25, 0.3) is 0 Å². The Bertz CT molecular complexity index is 663. The summed E-state index contributed by atoms with van der Waals surface area (Å²) in [7, 11) is 0. The van der Waals surface area contributed by atoms with Gasteiger partial charge in [-0.15, -0.1) is 0 Å². The number of ketones is 1. The number of carbonyl (C=O) groups excluding carboxylic acids is 1. The molecule has 1 aliphatic heterocycles.